The molecule has 120 valence electrons. The van der Waals surface area contributed by atoms with Crippen molar-refractivity contribution >= 4 is 10.0 Å². The van der Waals surface area contributed by atoms with E-state index in [2.05, 4.69) is 4.72 Å². The molecule has 3 aliphatic rings. The number of rotatable bonds is 4. The minimum atomic E-state index is -3.18. The molecule has 4 nitrogen and oxygen atoms in total. The second kappa shape index (κ2) is 5.05. The van der Waals surface area contributed by atoms with Crippen LogP contribution in [0.15, 0.2) is 30.3 Å². The molecule has 3 atom stereocenters. The molecule has 4 rings (SSSR count). The van der Waals surface area contributed by atoms with E-state index in [-0.39, 0.29) is 16.8 Å². The van der Waals surface area contributed by atoms with Gasteiger partial charge in [0.15, 0.2) is 0 Å². The second-order valence-corrected chi connectivity index (χ2v) is 9.35. The monoisotopic (exact) mass is 320 g/mol. The summed E-state index contributed by atoms with van der Waals surface area (Å²) in [6.45, 7) is 0. The Bertz CT molecular complexity index is 652. The average molecular weight is 320 g/mol. The molecule has 0 spiro atoms. The van der Waals surface area contributed by atoms with Crippen LogP contribution in [0.2, 0.25) is 0 Å². The summed E-state index contributed by atoms with van der Waals surface area (Å²) in [6, 6.07) is 9.99. The van der Waals surface area contributed by atoms with Crippen LogP contribution >= 0.6 is 0 Å². The number of hydrogen-bond acceptors (Lipinski definition) is 3. The fourth-order valence-electron chi connectivity index (χ4n) is 4.71. The molecule has 0 saturated heterocycles. The lowest BCUT2D eigenvalue weighted by molar-refractivity contribution is 0.189. The Morgan fingerprint density at radius 2 is 1.86 bits per heavy atom. The van der Waals surface area contributed by atoms with Crippen molar-refractivity contribution in [1.82, 2.24) is 4.72 Å². The predicted molar refractivity (Wildman–Crippen MR) is 86.6 cm³/mol. The van der Waals surface area contributed by atoms with Crippen molar-refractivity contribution < 1.29 is 8.42 Å². The van der Waals surface area contributed by atoms with Gasteiger partial charge in [0.2, 0.25) is 10.0 Å². The molecule has 3 N–H and O–H groups in total. The molecule has 0 radical (unpaired) electrons. The molecular formula is C17H24N2O2S. The Hall–Kier alpha value is -0.910. The van der Waals surface area contributed by atoms with E-state index >= 15 is 0 Å². The van der Waals surface area contributed by atoms with Crippen molar-refractivity contribution in [2.24, 2.45) is 17.6 Å². The highest BCUT2D eigenvalue weighted by atomic mass is 32.2. The molecule has 1 aromatic rings. The summed E-state index contributed by atoms with van der Waals surface area (Å²) in [5.41, 5.74) is 7.14. The van der Waals surface area contributed by atoms with Crippen molar-refractivity contribution in [2.75, 3.05) is 0 Å². The summed E-state index contributed by atoms with van der Waals surface area (Å²) in [5, 5.41) is -0.149. The van der Waals surface area contributed by atoms with Crippen molar-refractivity contribution in [1.29, 1.82) is 0 Å². The van der Waals surface area contributed by atoms with Crippen LogP contribution in [-0.4, -0.2) is 19.7 Å². The SMILES string of the molecule is NC1(c2ccccc2)CC(NS(=O)(=O)C2CC3CCCC32)C1. The lowest BCUT2D eigenvalue weighted by Gasteiger charge is -2.47. The van der Waals surface area contributed by atoms with E-state index < -0.39 is 10.0 Å². The number of hydrogen-bond donors (Lipinski definition) is 2. The highest BCUT2D eigenvalue weighted by Crippen LogP contribution is 2.50. The molecule has 0 aromatic heterocycles. The highest BCUT2D eigenvalue weighted by Gasteiger charge is 2.52. The lowest BCUT2D eigenvalue weighted by atomic mass is 9.69. The van der Waals surface area contributed by atoms with Crippen LogP contribution in [-0.2, 0) is 15.6 Å². The largest absolute Gasteiger partial charge is 0.321 e. The fourth-order valence-corrected chi connectivity index (χ4v) is 6.84. The molecule has 3 unspecified atom stereocenters. The smallest absolute Gasteiger partial charge is 0.215 e. The summed E-state index contributed by atoms with van der Waals surface area (Å²) in [7, 11) is -3.18. The number of nitrogens with one attached hydrogen (secondary N) is 1. The Labute approximate surface area is 132 Å². The maximum absolute atomic E-state index is 12.6. The van der Waals surface area contributed by atoms with Gasteiger partial charge in [-0.2, -0.15) is 0 Å². The molecule has 0 bridgehead atoms. The van der Waals surface area contributed by atoms with Crippen molar-refractivity contribution in [3.8, 4) is 0 Å². The zero-order chi connectivity index (χ0) is 15.4. The van der Waals surface area contributed by atoms with E-state index in [0.29, 0.717) is 24.7 Å². The van der Waals surface area contributed by atoms with Gasteiger partial charge < -0.3 is 5.73 Å². The van der Waals surface area contributed by atoms with Crippen LogP contribution in [0.4, 0.5) is 0 Å². The second-order valence-electron chi connectivity index (χ2n) is 7.42. The van der Waals surface area contributed by atoms with E-state index in [4.69, 9.17) is 5.73 Å². The molecule has 3 fully saturated rings. The van der Waals surface area contributed by atoms with E-state index in [1.807, 2.05) is 30.3 Å². The van der Waals surface area contributed by atoms with E-state index in [1.54, 1.807) is 0 Å². The molecule has 0 aliphatic heterocycles. The summed E-state index contributed by atoms with van der Waals surface area (Å²) in [4.78, 5) is 0. The Kier molecular flexibility index (Phi) is 3.36. The van der Waals surface area contributed by atoms with Gasteiger partial charge in [0.25, 0.3) is 0 Å². The molecule has 3 aliphatic carbocycles. The molecule has 5 heteroatoms. The first-order chi connectivity index (χ1) is 10.5. The predicted octanol–water partition coefficient (Wildman–Crippen LogP) is 2.11. The normalized spacial score (nSPS) is 40.6. The Morgan fingerprint density at radius 1 is 1.14 bits per heavy atom. The van der Waals surface area contributed by atoms with E-state index in [9.17, 15) is 8.42 Å². The third-order valence-electron chi connectivity index (χ3n) is 6.03. The quantitative estimate of drug-likeness (QED) is 0.892. The molecule has 1 aromatic carbocycles. The van der Waals surface area contributed by atoms with Gasteiger partial charge in [-0.25, -0.2) is 13.1 Å². The third kappa shape index (κ3) is 2.30. The fraction of sp³-hybridized carbons (Fsp3) is 0.647. The number of nitrogens with two attached hydrogens (primary N) is 1. The Balaban J connectivity index is 1.38. The molecule has 0 amide bonds. The van der Waals surface area contributed by atoms with Crippen LogP contribution in [0.1, 0.15) is 44.1 Å². The van der Waals surface area contributed by atoms with Gasteiger partial charge in [-0.3, -0.25) is 0 Å². The minimum absolute atomic E-state index is 0.00402. The zero-order valence-corrected chi connectivity index (χ0v) is 13.6. The molecule has 22 heavy (non-hydrogen) atoms. The highest BCUT2D eigenvalue weighted by molar-refractivity contribution is 7.90. The lowest BCUT2D eigenvalue weighted by Crippen LogP contribution is -2.60. The summed E-state index contributed by atoms with van der Waals surface area (Å²) in [6.07, 6.45) is 5.75. The van der Waals surface area contributed by atoms with Gasteiger partial charge in [0.1, 0.15) is 0 Å². The maximum Gasteiger partial charge on any atom is 0.215 e. The maximum atomic E-state index is 12.6. The standard InChI is InChI=1S/C17H24N2O2S/c18-17(13-6-2-1-3-7-13)10-14(11-17)19-22(20,21)16-9-12-5-4-8-15(12)16/h1-3,6-7,12,14-16,19H,4-5,8-11,18H2. The van der Waals surface area contributed by atoms with Crippen LogP contribution in [0, 0.1) is 11.8 Å². The minimum Gasteiger partial charge on any atom is -0.321 e. The van der Waals surface area contributed by atoms with Gasteiger partial charge in [0, 0.05) is 11.6 Å². The molecular weight excluding hydrogens is 296 g/mol. The third-order valence-corrected chi connectivity index (χ3v) is 8.03. The molecule has 3 saturated carbocycles. The van der Waals surface area contributed by atoms with Gasteiger partial charge in [-0.05, 0) is 43.1 Å². The average Bonchev–Trinajstić information content (AvgIpc) is 2.78. The first-order valence-corrected chi connectivity index (χ1v) is 9.88. The van der Waals surface area contributed by atoms with Gasteiger partial charge in [-0.15, -0.1) is 0 Å². The van der Waals surface area contributed by atoms with Gasteiger partial charge in [0.05, 0.1) is 5.25 Å². The van der Waals surface area contributed by atoms with Crippen LogP contribution in [0.5, 0.6) is 0 Å². The van der Waals surface area contributed by atoms with Gasteiger partial charge >= 0.3 is 0 Å². The summed E-state index contributed by atoms with van der Waals surface area (Å²) < 4.78 is 28.0. The topological polar surface area (TPSA) is 72.2 Å². The zero-order valence-electron chi connectivity index (χ0n) is 12.7. The van der Waals surface area contributed by atoms with Crippen molar-refractivity contribution in [2.45, 2.75) is 55.4 Å². The van der Waals surface area contributed by atoms with Crippen LogP contribution in [0.25, 0.3) is 0 Å². The Morgan fingerprint density at radius 3 is 2.55 bits per heavy atom. The first kappa shape index (κ1) is 14.7. The number of benzene rings is 1. The van der Waals surface area contributed by atoms with Crippen molar-refractivity contribution in [3.05, 3.63) is 35.9 Å². The summed E-state index contributed by atoms with van der Waals surface area (Å²) in [5.74, 6) is 1.08. The van der Waals surface area contributed by atoms with E-state index in [1.165, 1.54) is 12.8 Å². The summed E-state index contributed by atoms with van der Waals surface area (Å²) >= 11 is 0. The van der Waals surface area contributed by atoms with Crippen LogP contribution < -0.4 is 10.5 Å². The van der Waals surface area contributed by atoms with Crippen molar-refractivity contribution in [3.63, 3.8) is 0 Å². The van der Waals surface area contributed by atoms with Crippen LogP contribution in [0.3, 0.4) is 0 Å². The first-order valence-electron chi connectivity index (χ1n) is 8.33. The molecule has 0 heterocycles. The number of sulfonamides is 1. The number of fused-ring (bicyclic) bond motifs is 1. The van der Waals surface area contributed by atoms with Gasteiger partial charge in [-0.1, -0.05) is 43.2 Å². The van der Waals surface area contributed by atoms with E-state index in [0.717, 1.165) is 18.4 Å².